The molecule has 0 saturated carbocycles. The van der Waals surface area contributed by atoms with Crippen LogP contribution in [0.3, 0.4) is 0 Å². The molecule has 0 aliphatic carbocycles. The molecule has 0 radical (unpaired) electrons. The van der Waals surface area contributed by atoms with Gasteiger partial charge in [-0.2, -0.15) is 0 Å². The van der Waals surface area contributed by atoms with Crippen molar-refractivity contribution in [3.05, 3.63) is 69.7 Å². The molecule has 3 aromatic heterocycles. The molecule has 0 atom stereocenters. The van der Waals surface area contributed by atoms with Crippen LogP contribution in [0.1, 0.15) is 31.6 Å². The predicted molar refractivity (Wildman–Crippen MR) is 110 cm³/mol. The Morgan fingerprint density at radius 3 is 2.62 bits per heavy atom. The molecule has 146 valence electrons. The minimum atomic E-state index is -0.101. The maximum Gasteiger partial charge on any atom is 0.263 e. The molecule has 1 amide bonds. The first-order valence-corrected chi connectivity index (χ1v) is 9.88. The van der Waals surface area contributed by atoms with Crippen LogP contribution in [0.2, 0.25) is 0 Å². The van der Waals surface area contributed by atoms with Gasteiger partial charge in [0.1, 0.15) is 11.2 Å². The fourth-order valence-corrected chi connectivity index (χ4v) is 3.85. The van der Waals surface area contributed by atoms with Gasteiger partial charge in [-0.05, 0) is 26.3 Å². The lowest BCUT2D eigenvalue weighted by Gasteiger charge is -2.08. The van der Waals surface area contributed by atoms with Gasteiger partial charge in [0.05, 0.1) is 27.7 Å². The molecule has 0 aliphatic heterocycles. The average molecular weight is 405 g/mol. The van der Waals surface area contributed by atoms with E-state index in [1.165, 1.54) is 17.7 Å². The van der Waals surface area contributed by atoms with E-state index in [-0.39, 0.29) is 5.91 Å². The predicted octanol–water partition coefficient (Wildman–Crippen LogP) is 4.11. The molecule has 1 aromatic carbocycles. The number of thiazole rings is 1. The summed E-state index contributed by atoms with van der Waals surface area (Å²) >= 11 is 1.41. The van der Waals surface area contributed by atoms with Crippen LogP contribution in [0.5, 0.6) is 0 Å². The van der Waals surface area contributed by atoms with E-state index < -0.39 is 0 Å². The zero-order chi connectivity index (χ0) is 20.4. The van der Waals surface area contributed by atoms with Gasteiger partial charge in [-0.3, -0.25) is 4.79 Å². The van der Waals surface area contributed by atoms with Crippen LogP contribution in [0.4, 0.5) is 0 Å². The summed E-state index contributed by atoms with van der Waals surface area (Å²) in [5.74, 6) is 0.528. The second kappa shape index (κ2) is 7.92. The van der Waals surface area contributed by atoms with E-state index in [1.807, 2.05) is 51.1 Å². The summed E-state index contributed by atoms with van der Waals surface area (Å²) < 4.78 is 5.37. The van der Waals surface area contributed by atoms with Crippen LogP contribution in [-0.2, 0) is 6.54 Å². The average Bonchev–Trinajstić information content (AvgIpc) is 3.31. The van der Waals surface area contributed by atoms with E-state index in [2.05, 4.69) is 25.4 Å². The highest BCUT2D eigenvalue weighted by Gasteiger charge is 2.15. The van der Waals surface area contributed by atoms with E-state index in [9.17, 15) is 4.79 Å². The van der Waals surface area contributed by atoms with Gasteiger partial charge in [-0.25, -0.2) is 15.0 Å². The van der Waals surface area contributed by atoms with Gasteiger partial charge < -0.3 is 9.84 Å². The Balaban J connectivity index is 1.50. The van der Waals surface area contributed by atoms with Crippen molar-refractivity contribution in [2.45, 2.75) is 27.3 Å². The summed E-state index contributed by atoms with van der Waals surface area (Å²) in [6.07, 6.45) is 3.23. The molecule has 0 aliphatic rings. The lowest BCUT2D eigenvalue weighted by Crippen LogP contribution is -2.22. The molecular weight excluding hydrogens is 386 g/mol. The van der Waals surface area contributed by atoms with Crippen molar-refractivity contribution < 1.29 is 9.32 Å². The van der Waals surface area contributed by atoms with E-state index >= 15 is 0 Å². The molecule has 0 saturated heterocycles. The Morgan fingerprint density at radius 2 is 1.97 bits per heavy atom. The summed E-state index contributed by atoms with van der Waals surface area (Å²) in [7, 11) is 0. The quantitative estimate of drug-likeness (QED) is 0.537. The number of nitrogens with zero attached hydrogens (tertiary/aromatic N) is 4. The molecular formula is C21H19N5O2S. The lowest BCUT2D eigenvalue weighted by atomic mass is 10.0. The number of aromatic nitrogens is 4. The maximum atomic E-state index is 12.4. The third-order valence-corrected chi connectivity index (χ3v) is 5.47. The smallest absolute Gasteiger partial charge is 0.263 e. The van der Waals surface area contributed by atoms with Crippen molar-refractivity contribution >= 4 is 17.2 Å². The monoisotopic (exact) mass is 405 g/mol. The van der Waals surface area contributed by atoms with Crippen molar-refractivity contribution in [2.75, 3.05) is 0 Å². The summed E-state index contributed by atoms with van der Waals surface area (Å²) in [5, 5.41) is 7.78. The van der Waals surface area contributed by atoms with Gasteiger partial charge in [0.2, 0.25) is 0 Å². The van der Waals surface area contributed by atoms with Crippen molar-refractivity contribution in [3.8, 4) is 22.6 Å². The molecule has 3 heterocycles. The van der Waals surface area contributed by atoms with Crippen LogP contribution in [0.25, 0.3) is 22.6 Å². The number of amides is 1. The summed E-state index contributed by atoms with van der Waals surface area (Å²) in [5.41, 5.74) is 5.03. The molecule has 7 nitrogen and oxygen atoms in total. The first kappa shape index (κ1) is 18.9. The van der Waals surface area contributed by atoms with Crippen LogP contribution in [0.15, 0.2) is 47.4 Å². The Morgan fingerprint density at radius 1 is 1.17 bits per heavy atom. The molecule has 29 heavy (non-hydrogen) atoms. The third kappa shape index (κ3) is 4.07. The van der Waals surface area contributed by atoms with Crippen LogP contribution >= 0.6 is 11.3 Å². The highest BCUT2D eigenvalue weighted by atomic mass is 32.1. The standard InChI is InChI=1S/C21H19N5O2S/c1-12-8-18(28-26-12)17-10-22-11-24-19(17)16-6-4-15(5-7-16)9-23-21(27)20-13(2)25-14(3)29-20/h4-8,10-11H,9H2,1-3H3,(H,23,27). The maximum absolute atomic E-state index is 12.4. The third-order valence-electron chi connectivity index (χ3n) is 4.40. The number of carbonyl (C=O) groups is 1. The first-order chi connectivity index (χ1) is 14.0. The molecule has 1 N–H and O–H groups in total. The minimum Gasteiger partial charge on any atom is -0.356 e. The Labute approximate surface area is 171 Å². The minimum absolute atomic E-state index is 0.101. The Bertz CT molecular complexity index is 1160. The molecule has 0 spiro atoms. The molecule has 4 aromatic rings. The summed E-state index contributed by atoms with van der Waals surface area (Å²) in [6, 6.07) is 9.74. The van der Waals surface area contributed by atoms with E-state index in [1.54, 1.807) is 6.20 Å². The topological polar surface area (TPSA) is 93.8 Å². The Hall–Kier alpha value is -3.39. The van der Waals surface area contributed by atoms with Gasteiger partial charge in [0.15, 0.2) is 5.76 Å². The second-order valence-corrected chi connectivity index (χ2v) is 7.85. The Kier molecular flexibility index (Phi) is 5.18. The van der Waals surface area contributed by atoms with Gasteiger partial charge in [-0.1, -0.05) is 29.4 Å². The molecule has 4 rings (SSSR count). The largest absolute Gasteiger partial charge is 0.356 e. The van der Waals surface area contributed by atoms with Crippen molar-refractivity contribution in [1.29, 1.82) is 0 Å². The van der Waals surface area contributed by atoms with E-state index in [4.69, 9.17) is 4.52 Å². The molecule has 0 unspecified atom stereocenters. The number of rotatable bonds is 5. The van der Waals surface area contributed by atoms with Gasteiger partial charge >= 0.3 is 0 Å². The number of benzene rings is 1. The fraction of sp³-hybridized carbons (Fsp3) is 0.190. The highest BCUT2D eigenvalue weighted by molar-refractivity contribution is 7.13. The van der Waals surface area contributed by atoms with Crippen LogP contribution < -0.4 is 5.32 Å². The highest BCUT2D eigenvalue weighted by Crippen LogP contribution is 2.30. The zero-order valence-corrected chi connectivity index (χ0v) is 17.1. The number of nitrogens with one attached hydrogen (secondary N) is 1. The van der Waals surface area contributed by atoms with Crippen molar-refractivity contribution in [1.82, 2.24) is 25.4 Å². The van der Waals surface area contributed by atoms with Crippen molar-refractivity contribution in [3.63, 3.8) is 0 Å². The zero-order valence-electron chi connectivity index (χ0n) is 16.3. The first-order valence-electron chi connectivity index (χ1n) is 9.06. The van der Waals surface area contributed by atoms with Crippen molar-refractivity contribution in [2.24, 2.45) is 0 Å². The summed E-state index contributed by atoms with van der Waals surface area (Å²) in [4.78, 5) is 25.9. The normalized spacial score (nSPS) is 10.9. The second-order valence-electron chi connectivity index (χ2n) is 6.64. The lowest BCUT2D eigenvalue weighted by molar-refractivity contribution is 0.0954. The molecule has 0 bridgehead atoms. The summed E-state index contributed by atoms with van der Waals surface area (Å²) in [6.45, 7) is 6.05. The molecule has 0 fully saturated rings. The SMILES string of the molecule is Cc1cc(-c2cncnc2-c2ccc(CNC(=O)c3sc(C)nc3C)cc2)on1. The van der Waals surface area contributed by atoms with Gasteiger partial charge in [0, 0.05) is 24.4 Å². The van der Waals surface area contributed by atoms with E-state index in [0.717, 1.165) is 38.8 Å². The fourth-order valence-electron chi connectivity index (χ4n) is 3.02. The number of hydrogen-bond acceptors (Lipinski definition) is 7. The number of aryl methyl sites for hydroxylation is 3. The van der Waals surface area contributed by atoms with Gasteiger partial charge in [-0.15, -0.1) is 11.3 Å². The van der Waals surface area contributed by atoms with Crippen LogP contribution in [-0.4, -0.2) is 26.0 Å². The number of hydrogen-bond donors (Lipinski definition) is 1. The number of carbonyl (C=O) groups excluding carboxylic acids is 1. The van der Waals surface area contributed by atoms with E-state index in [0.29, 0.717) is 17.2 Å². The molecule has 8 heteroatoms. The van der Waals surface area contributed by atoms with Crippen LogP contribution in [0, 0.1) is 20.8 Å². The van der Waals surface area contributed by atoms with Gasteiger partial charge in [0.25, 0.3) is 5.91 Å².